The highest BCUT2D eigenvalue weighted by Crippen LogP contribution is 2.27. The molecule has 0 aliphatic carbocycles. The number of hydrogen-bond donors (Lipinski definition) is 1. The van der Waals surface area contributed by atoms with E-state index in [1.807, 2.05) is 23.1 Å². The summed E-state index contributed by atoms with van der Waals surface area (Å²) in [4.78, 5) is 14.5. The molecule has 7 heteroatoms. The molecule has 2 aliphatic heterocycles. The number of fused-ring (bicyclic) bond motifs is 1. The van der Waals surface area contributed by atoms with Gasteiger partial charge in [0.2, 0.25) is 10.0 Å². The first-order chi connectivity index (χ1) is 10.9. The summed E-state index contributed by atoms with van der Waals surface area (Å²) in [5.41, 5.74) is 1.77. The molecule has 1 aromatic carbocycles. The summed E-state index contributed by atoms with van der Waals surface area (Å²) >= 11 is 0. The third kappa shape index (κ3) is 4.03. The number of carbonyl (C=O) groups excluding carboxylic acids is 1. The van der Waals surface area contributed by atoms with Crippen LogP contribution in [-0.4, -0.2) is 51.7 Å². The van der Waals surface area contributed by atoms with Crippen LogP contribution in [0.5, 0.6) is 5.75 Å². The zero-order valence-corrected chi connectivity index (χ0v) is 14.1. The van der Waals surface area contributed by atoms with Crippen LogP contribution < -0.4 is 9.46 Å². The molecular formula is C16H22N2O4S. The van der Waals surface area contributed by atoms with Gasteiger partial charge in [0.05, 0.1) is 12.9 Å². The number of amides is 1. The van der Waals surface area contributed by atoms with Gasteiger partial charge in [-0.2, -0.15) is 0 Å². The summed E-state index contributed by atoms with van der Waals surface area (Å²) in [6.07, 6.45) is 3.84. The van der Waals surface area contributed by atoms with Crippen molar-refractivity contribution in [2.45, 2.75) is 19.3 Å². The average molecular weight is 338 g/mol. The molecule has 2 heterocycles. The number of likely N-dealkylation sites (tertiary alicyclic amines) is 1. The minimum absolute atomic E-state index is 0.0174. The largest absolute Gasteiger partial charge is 0.493 e. The van der Waals surface area contributed by atoms with E-state index < -0.39 is 10.0 Å². The molecule has 3 rings (SSSR count). The van der Waals surface area contributed by atoms with Crippen LogP contribution in [0.3, 0.4) is 0 Å². The molecule has 2 aliphatic rings. The summed E-state index contributed by atoms with van der Waals surface area (Å²) in [6, 6.07) is 5.59. The third-order valence-corrected chi connectivity index (χ3v) is 5.07. The van der Waals surface area contributed by atoms with Gasteiger partial charge in [-0.1, -0.05) is 0 Å². The quantitative estimate of drug-likeness (QED) is 0.889. The first-order valence-electron chi connectivity index (χ1n) is 7.92. The Balaban J connectivity index is 1.65. The minimum Gasteiger partial charge on any atom is -0.493 e. The van der Waals surface area contributed by atoms with Gasteiger partial charge in [0, 0.05) is 31.6 Å². The molecule has 0 unspecified atom stereocenters. The maximum atomic E-state index is 12.7. The molecular weight excluding hydrogens is 316 g/mol. The van der Waals surface area contributed by atoms with Gasteiger partial charge in [-0.05, 0) is 42.5 Å². The second-order valence-corrected chi connectivity index (χ2v) is 8.13. The monoisotopic (exact) mass is 338 g/mol. The van der Waals surface area contributed by atoms with Crippen molar-refractivity contribution in [3.8, 4) is 5.75 Å². The SMILES string of the molecule is CS(=O)(=O)NC[C@H]1CCCN(C(=O)c2ccc3c(c2)CCO3)C1. The van der Waals surface area contributed by atoms with Crippen molar-refractivity contribution in [3.05, 3.63) is 29.3 Å². The van der Waals surface area contributed by atoms with Gasteiger partial charge in [-0.3, -0.25) is 4.79 Å². The third-order valence-electron chi connectivity index (χ3n) is 4.38. The van der Waals surface area contributed by atoms with Gasteiger partial charge >= 0.3 is 0 Å². The van der Waals surface area contributed by atoms with Crippen LogP contribution in [0.1, 0.15) is 28.8 Å². The highest BCUT2D eigenvalue weighted by atomic mass is 32.2. The molecule has 0 spiro atoms. The number of ether oxygens (including phenoxy) is 1. The summed E-state index contributed by atoms with van der Waals surface area (Å²) in [7, 11) is -3.19. The zero-order chi connectivity index (χ0) is 16.4. The average Bonchev–Trinajstić information content (AvgIpc) is 2.99. The lowest BCUT2D eigenvalue weighted by Gasteiger charge is -2.33. The zero-order valence-electron chi connectivity index (χ0n) is 13.2. The molecule has 0 aromatic heterocycles. The molecule has 0 radical (unpaired) electrons. The molecule has 0 bridgehead atoms. The molecule has 1 N–H and O–H groups in total. The predicted octanol–water partition coefficient (Wildman–Crippen LogP) is 1.02. The molecule has 1 aromatic rings. The molecule has 126 valence electrons. The Morgan fingerprint density at radius 3 is 3.04 bits per heavy atom. The van der Waals surface area contributed by atoms with Crippen LogP contribution in [0.25, 0.3) is 0 Å². The van der Waals surface area contributed by atoms with Crippen molar-refractivity contribution < 1.29 is 17.9 Å². The van der Waals surface area contributed by atoms with E-state index in [-0.39, 0.29) is 11.8 Å². The van der Waals surface area contributed by atoms with Gasteiger partial charge < -0.3 is 9.64 Å². The normalized spacial score (nSPS) is 20.9. The lowest BCUT2D eigenvalue weighted by atomic mass is 9.97. The number of carbonyl (C=O) groups is 1. The number of benzene rings is 1. The standard InChI is InChI=1S/C16H22N2O4S/c1-23(20,21)17-10-12-3-2-7-18(11-12)16(19)14-4-5-15-13(9-14)6-8-22-15/h4-5,9,12,17H,2-3,6-8,10-11H2,1H3/t12-/m1/s1. The Kier molecular flexibility index (Phi) is 4.59. The fraction of sp³-hybridized carbons (Fsp3) is 0.562. The van der Waals surface area contributed by atoms with Crippen LogP contribution in [0.2, 0.25) is 0 Å². The highest BCUT2D eigenvalue weighted by molar-refractivity contribution is 7.88. The fourth-order valence-corrected chi connectivity index (χ4v) is 3.73. The van der Waals surface area contributed by atoms with Gasteiger partial charge in [0.1, 0.15) is 5.75 Å². The van der Waals surface area contributed by atoms with Gasteiger partial charge in [-0.15, -0.1) is 0 Å². The van der Waals surface area contributed by atoms with Crippen LogP contribution in [0.15, 0.2) is 18.2 Å². The number of piperidine rings is 1. The molecule has 1 atom stereocenters. The molecule has 23 heavy (non-hydrogen) atoms. The smallest absolute Gasteiger partial charge is 0.253 e. The van der Waals surface area contributed by atoms with Crippen molar-refractivity contribution in [2.75, 3.05) is 32.5 Å². The number of rotatable bonds is 4. The number of nitrogens with one attached hydrogen (secondary N) is 1. The Labute approximate surface area is 136 Å². The van der Waals surface area contributed by atoms with Crippen LogP contribution in [0.4, 0.5) is 0 Å². The van der Waals surface area contributed by atoms with E-state index in [4.69, 9.17) is 4.74 Å². The van der Waals surface area contributed by atoms with E-state index in [1.165, 1.54) is 0 Å². The summed E-state index contributed by atoms with van der Waals surface area (Å²) < 4.78 is 30.4. The van der Waals surface area contributed by atoms with E-state index in [9.17, 15) is 13.2 Å². The number of hydrogen-bond acceptors (Lipinski definition) is 4. The molecule has 1 saturated heterocycles. The van der Waals surface area contributed by atoms with Crippen molar-refractivity contribution in [1.29, 1.82) is 0 Å². The minimum atomic E-state index is -3.19. The Hall–Kier alpha value is -1.60. The predicted molar refractivity (Wildman–Crippen MR) is 87.1 cm³/mol. The Morgan fingerprint density at radius 1 is 1.43 bits per heavy atom. The second kappa shape index (κ2) is 6.49. The molecule has 0 saturated carbocycles. The van der Waals surface area contributed by atoms with E-state index in [1.54, 1.807) is 0 Å². The van der Waals surface area contributed by atoms with E-state index in [0.29, 0.717) is 25.3 Å². The highest BCUT2D eigenvalue weighted by Gasteiger charge is 2.26. The molecule has 1 fully saturated rings. The topological polar surface area (TPSA) is 75.7 Å². The van der Waals surface area contributed by atoms with Gasteiger partial charge in [0.15, 0.2) is 0 Å². The lowest BCUT2D eigenvalue weighted by Crippen LogP contribution is -2.43. The van der Waals surface area contributed by atoms with Crippen molar-refractivity contribution in [3.63, 3.8) is 0 Å². The first-order valence-corrected chi connectivity index (χ1v) is 9.81. The lowest BCUT2D eigenvalue weighted by molar-refractivity contribution is 0.0676. The summed E-state index contributed by atoms with van der Waals surface area (Å²) in [6.45, 7) is 2.38. The molecule has 1 amide bonds. The number of sulfonamides is 1. The van der Waals surface area contributed by atoms with Crippen LogP contribution in [-0.2, 0) is 16.4 Å². The first kappa shape index (κ1) is 16.3. The van der Waals surface area contributed by atoms with Gasteiger partial charge in [-0.25, -0.2) is 13.1 Å². The van der Waals surface area contributed by atoms with E-state index >= 15 is 0 Å². The van der Waals surface area contributed by atoms with Crippen molar-refractivity contribution >= 4 is 15.9 Å². The van der Waals surface area contributed by atoms with Crippen LogP contribution in [0, 0.1) is 5.92 Å². The Bertz CT molecular complexity index is 702. The van der Waals surface area contributed by atoms with Crippen molar-refractivity contribution in [2.24, 2.45) is 5.92 Å². The second-order valence-electron chi connectivity index (χ2n) is 6.30. The van der Waals surface area contributed by atoms with E-state index in [0.717, 1.165) is 43.4 Å². The fourth-order valence-electron chi connectivity index (χ4n) is 3.19. The summed E-state index contributed by atoms with van der Waals surface area (Å²) in [5.74, 6) is 1.05. The molecule has 6 nitrogen and oxygen atoms in total. The summed E-state index contributed by atoms with van der Waals surface area (Å²) in [5, 5.41) is 0. The van der Waals surface area contributed by atoms with Crippen LogP contribution >= 0.6 is 0 Å². The Morgan fingerprint density at radius 2 is 2.26 bits per heavy atom. The van der Waals surface area contributed by atoms with Gasteiger partial charge in [0.25, 0.3) is 5.91 Å². The maximum Gasteiger partial charge on any atom is 0.253 e. The maximum absolute atomic E-state index is 12.7. The van der Waals surface area contributed by atoms with E-state index in [2.05, 4.69) is 4.72 Å². The van der Waals surface area contributed by atoms with Crippen molar-refractivity contribution in [1.82, 2.24) is 9.62 Å². The number of nitrogens with zero attached hydrogens (tertiary/aromatic N) is 1.